The van der Waals surface area contributed by atoms with Crippen molar-refractivity contribution in [3.8, 4) is 0 Å². The van der Waals surface area contributed by atoms with Crippen LogP contribution in [-0.4, -0.2) is 11.3 Å². The Labute approximate surface area is 92.3 Å². The average molecular weight is 262 g/mol. The van der Waals surface area contributed by atoms with Gasteiger partial charge in [-0.1, -0.05) is 29.4 Å². The second kappa shape index (κ2) is 4.77. The van der Waals surface area contributed by atoms with Gasteiger partial charge in [0.05, 0.1) is 5.03 Å². The molecule has 0 amide bonds. The molecule has 0 aliphatic heterocycles. The summed E-state index contributed by atoms with van der Waals surface area (Å²) in [7, 11) is 0. The van der Waals surface area contributed by atoms with Crippen LogP contribution in [0.25, 0.3) is 0 Å². The minimum atomic E-state index is -0.637. The highest BCUT2D eigenvalue weighted by atomic mass is 79.9. The monoisotopic (exact) mass is 261 g/mol. The molecule has 1 heterocycles. The van der Waals surface area contributed by atoms with Crippen molar-refractivity contribution < 1.29 is 4.79 Å². The van der Waals surface area contributed by atoms with Gasteiger partial charge in [0.15, 0.2) is 0 Å². The molecule has 0 saturated heterocycles. The number of hydrogen-bond acceptors (Lipinski definition) is 3. The number of aldehydes is 1. The van der Waals surface area contributed by atoms with E-state index in [1.165, 1.54) is 0 Å². The standard InChI is InChI=1S/C8H8BrNOS.CH4/c1-8(9,5-11)6-2-3-7(12)10-4-6;/h2-5H,1H3,(H,10,12);1H4. The van der Waals surface area contributed by atoms with Crippen LogP contribution < -0.4 is 0 Å². The Morgan fingerprint density at radius 3 is 2.62 bits per heavy atom. The normalized spacial score (nSPS) is 14.1. The number of halogens is 1. The predicted molar refractivity (Wildman–Crippen MR) is 60.6 cm³/mol. The van der Waals surface area contributed by atoms with Gasteiger partial charge in [0.1, 0.15) is 10.6 Å². The van der Waals surface area contributed by atoms with Gasteiger partial charge in [0.2, 0.25) is 0 Å². The number of aromatic nitrogens is 1. The van der Waals surface area contributed by atoms with E-state index < -0.39 is 4.32 Å². The third kappa shape index (κ3) is 3.12. The minimum Gasteiger partial charge on any atom is -0.301 e. The lowest BCUT2D eigenvalue weighted by molar-refractivity contribution is -0.109. The molecule has 13 heavy (non-hydrogen) atoms. The molecule has 0 aliphatic carbocycles. The van der Waals surface area contributed by atoms with E-state index in [1.54, 1.807) is 19.2 Å². The summed E-state index contributed by atoms with van der Waals surface area (Å²) >= 11 is 7.32. The summed E-state index contributed by atoms with van der Waals surface area (Å²) in [5.41, 5.74) is 0.829. The molecule has 0 radical (unpaired) electrons. The third-order valence-electron chi connectivity index (χ3n) is 1.53. The molecule has 1 atom stereocenters. The Balaban J connectivity index is 0.00000144. The smallest absolute Gasteiger partial charge is 0.140 e. The quantitative estimate of drug-likeness (QED) is 0.504. The molecule has 1 rings (SSSR count). The molecule has 0 spiro atoms. The molecular weight excluding hydrogens is 250 g/mol. The van der Waals surface area contributed by atoms with Crippen LogP contribution in [0.15, 0.2) is 23.4 Å². The van der Waals surface area contributed by atoms with E-state index in [0.717, 1.165) is 11.8 Å². The summed E-state index contributed by atoms with van der Waals surface area (Å²) in [5.74, 6) is 0. The summed E-state index contributed by atoms with van der Waals surface area (Å²) in [4.78, 5) is 14.6. The van der Waals surface area contributed by atoms with Crippen molar-refractivity contribution in [1.82, 2.24) is 4.98 Å². The van der Waals surface area contributed by atoms with Gasteiger partial charge in [-0.15, -0.1) is 12.6 Å². The Bertz CT molecular complexity index is 284. The fraction of sp³-hybridized carbons (Fsp3) is 0.333. The Morgan fingerprint density at radius 1 is 1.62 bits per heavy atom. The molecule has 72 valence electrons. The number of hydrogen-bond donors (Lipinski definition) is 1. The maximum Gasteiger partial charge on any atom is 0.140 e. The van der Waals surface area contributed by atoms with Gasteiger partial charge in [-0.25, -0.2) is 4.98 Å². The lowest BCUT2D eigenvalue weighted by Crippen LogP contribution is -2.14. The van der Waals surface area contributed by atoms with Crippen LogP contribution in [-0.2, 0) is 9.12 Å². The van der Waals surface area contributed by atoms with Gasteiger partial charge in [0.25, 0.3) is 0 Å². The Hall–Kier alpha value is -0.350. The molecule has 1 aromatic rings. The van der Waals surface area contributed by atoms with Crippen molar-refractivity contribution in [3.63, 3.8) is 0 Å². The molecule has 0 N–H and O–H groups in total. The lowest BCUT2D eigenvalue weighted by atomic mass is 10.1. The first-order chi connectivity index (χ1) is 5.56. The summed E-state index contributed by atoms with van der Waals surface area (Å²) in [5, 5.41) is 0.646. The van der Waals surface area contributed by atoms with Crippen LogP contribution in [0.2, 0.25) is 0 Å². The van der Waals surface area contributed by atoms with E-state index in [2.05, 4.69) is 33.5 Å². The fourth-order valence-electron chi connectivity index (χ4n) is 0.743. The number of carbonyl (C=O) groups is 1. The molecule has 4 heteroatoms. The van der Waals surface area contributed by atoms with Crippen LogP contribution >= 0.6 is 28.6 Å². The molecule has 2 nitrogen and oxygen atoms in total. The predicted octanol–water partition coefficient (Wildman–Crippen LogP) is 2.82. The number of pyridine rings is 1. The molecule has 0 bridgehead atoms. The van der Waals surface area contributed by atoms with E-state index in [1.807, 2.05) is 6.07 Å². The zero-order chi connectivity index (χ0) is 9.19. The van der Waals surface area contributed by atoms with E-state index in [0.29, 0.717) is 5.03 Å². The van der Waals surface area contributed by atoms with Crippen molar-refractivity contribution in [2.24, 2.45) is 0 Å². The van der Waals surface area contributed by atoms with Gasteiger partial charge in [-0.05, 0) is 18.6 Å². The van der Waals surface area contributed by atoms with Crippen molar-refractivity contribution in [3.05, 3.63) is 23.9 Å². The number of nitrogens with zero attached hydrogens (tertiary/aromatic N) is 1. The summed E-state index contributed by atoms with van der Waals surface area (Å²) in [6.07, 6.45) is 2.47. The maximum atomic E-state index is 10.6. The SMILES string of the molecule is C.CC(Br)(C=O)c1ccc(S)nc1. The fourth-order valence-corrected chi connectivity index (χ4v) is 1.11. The minimum absolute atomic E-state index is 0. The summed E-state index contributed by atoms with van der Waals surface area (Å²) in [6, 6.07) is 3.57. The largest absolute Gasteiger partial charge is 0.301 e. The van der Waals surface area contributed by atoms with Gasteiger partial charge >= 0.3 is 0 Å². The molecule has 1 aromatic heterocycles. The third-order valence-corrected chi connectivity index (χ3v) is 2.44. The van der Waals surface area contributed by atoms with Crippen molar-refractivity contribution in [2.45, 2.75) is 23.7 Å². The Morgan fingerprint density at radius 2 is 2.23 bits per heavy atom. The highest BCUT2D eigenvalue weighted by Crippen LogP contribution is 2.27. The van der Waals surface area contributed by atoms with Crippen molar-refractivity contribution in [2.75, 3.05) is 0 Å². The topological polar surface area (TPSA) is 30.0 Å². The first-order valence-electron chi connectivity index (χ1n) is 3.37. The Kier molecular flexibility index (Phi) is 4.64. The molecule has 1 unspecified atom stereocenters. The first kappa shape index (κ1) is 12.7. The van der Waals surface area contributed by atoms with E-state index >= 15 is 0 Å². The molecule has 0 fully saturated rings. The van der Waals surface area contributed by atoms with Crippen LogP contribution in [0.3, 0.4) is 0 Å². The van der Waals surface area contributed by atoms with Crippen LogP contribution in [0.5, 0.6) is 0 Å². The average Bonchev–Trinajstić information content (AvgIpc) is 2.05. The molecule has 0 aliphatic rings. The van der Waals surface area contributed by atoms with Gasteiger partial charge in [0, 0.05) is 6.20 Å². The molecule has 0 aromatic carbocycles. The second-order valence-corrected chi connectivity index (χ2v) is 4.70. The van der Waals surface area contributed by atoms with Gasteiger partial charge in [-0.3, -0.25) is 0 Å². The van der Waals surface area contributed by atoms with E-state index in [9.17, 15) is 4.79 Å². The number of thiol groups is 1. The van der Waals surface area contributed by atoms with E-state index in [-0.39, 0.29) is 7.43 Å². The van der Waals surface area contributed by atoms with Crippen molar-refractivity contribution in [1.29, 1.82) is 0 Å². The zero-order valence-electron chi connectivity index (χ0n) is 6.49. The zero-order valence-corrected chi connectivity index (χ0v) is 8.97. The maximum absolute atomic E-state index is 10.6. The second-order valence-electron chi connectivity index (χ2n) is 2.60. The van der Waals surface area contributed by atoms with Gasteiger partial charge < -0.3 is 4.79 Å². The molecular formula is C9H12BrNOS. The summed E-state index contributed by atoms with van der Waals surface area (Å²) < 4.78 is -0.637. The van der Waals surface area contributed by atoms with Crippen LogP contribution in [0.1, 0.15) is 19.9 Å². The van der Waals surface area contributed by atoms with Gasteiger partial charge in [-0.2, -0.15) is 0 Å². The highest BCUT2D eigenvalue weighted by molar-refractivity contribution is 9.10. The number of carbonyl (C=O) groups excluding carboxylic acids is 1. The van der Waals surface area contributed by atoms with Crippen LogP contribution in [0, 0.1) is 0 Å². The lowest BCUT2D eigenvalue weighted by Gasteiger charge is -2.13. The first-order valence-corrected chi connectivity index (χ1v) is 4.61. The number of rotatable bonds is 2. The summed E-state index contributed by atoms with van der Waals surface area (Å²) in [6.45, 7) is 1.77. The van der Waals surface area contributed by atoms with E-state index in [4.69, 9.17) is 0 Å². The molecule has 0 saturated carbocycles. The highest BCUT2D eigenvalue weighted by Gasteiger charge is 2.21. The van der Waals surface area contributed by atoms with Crippen molar-refractivity contribution >= 4 is 34.8 Å². The number of alkyl halides is 1. The van der Waals surface area contributed by atoms with Crippen LogP contribution in [0.4, 0.5) is 0 Å².